The lowest BCUT2D eigenvalue weighted by Gasteiger charge is -2.27. The molecule has 3 unspecified atom stereocenters. The van der Waals surface area contributed by atoms with Crippen molar-refractivity contribution in [1.29, 1.82) is 0 Å². The molecule has 1 heterocycles. The molecule has 1 rings (SSSR count). The van der Waals surface area contributed by atoms with E-state index in [1.165, 1.54) is 0 Å². The lowest BCUT2D eigenvalue weighted by Crippen LogP contribution is -2.33. The van der Waals surface area contributed by atoms with Crippen LogP contribution in [0.5, 0.6) is 0 Å². The van der Waals surface area contributed by atoms with E-state index in [1.807, 2.05) is 6.92 Å². The molecule has 72 valence electrons. The summed E-state index contributed by atoms with van der Waals surface area (Å²) in [5.41, 5.74) is -0.350. The van der Waals surface area contributed by atoms with Crippen LogP contribution in [0.4, 0.5) is 0 Å². The van der Waals surface area contributed by atoms with Crippen LogP contribution in [0, 0.1) is 0 Å². The average Bonchev–Trinajstić information content (AvgIpc) is 2.03. The SMILES string of the molecule is CC(O)CC1(C)CCC(C)(O)O1. The predicted octanol–water partition coefficient (Wildman–Crippen LogP) is 1.03. The Hall–Kier alpha value is -0.120. The Balaban J connectivity index is 2.53. The molecule has 0 aromatic heterocycles. The normalized spacial score (nSPS) is 44.8. The number of rotatable bonds is 2. The molecule has 1 aliphatic heterocycles. The van der Waals surface area contributed by atoms with Gasteiger partial charge in [-0.2, -0.15) is 0 Å². The van der Waals surface area contributed by atoms with Crippen molar-refractivity contribution in [1.82, 2.24) is 0 Å². The Morgan fingerprint density at radius 3 is 2.33 bits per heavy atom. The minimum atomic E-state index is -0.996. The summed E-state index contributed by atoms with van der Waals surface area (Å²) in [6.07, 6.45) is 1.67. The van der Waals surface area contributed by atoms with Gasteiger partial charge in [0, 0.05) is 12.8 Å². The van der Waals surface area contributed by atoms with Gasteiger partial charge in [-0.05, 0) is 27.2 Å². The third-order valence-corrected chi connectivity index (χ3v) is 2.31. The van der Waals surface area contributed by atoms with Crippen LogP contribution in [-0.2, 0) is 4.74 Å². The highest BCUT2D eigenvalue weighted by molar-refractivity contribution is 4.87. The fraction of sp³-hybridized carbons (Fsp3) is 1.00. The fourth-order valence-corrected chi connectivity index (χ4v) is 1.90. The first kappa shape index (κ1) is 9.96. The Kier molecular flexibility index (Phi) is 2.47. The van der Waals surface area contributed by atoms with E-state index in [1.54, 1.807) is 13.8 Å². The summed E-state index contributed by atoms with van der Waals surface area (Å²) in [4.78, 5) is 0. The second-order valence-electron chi connectivity index (χ2n) is 4.28. The lowest BCUT2D eigenvalue weighted by molar-refractivity contribution is -0.212. The van der Waals surface area contributed by atoms with E-state index < -0.39 is 5.79 Å². The van der Waals surface area contributed by atoms with E-state index in [0.717, 1.165) is 6.42 Å². The van der Waals surface area contributed by atoms with Gasteiger partial charge in [0.05, 0.1) is 11.7 Å². The summed E-state index contributed by atoms with van der Waals surface area (Å²) < 4.78 is 5.44. The summed E-state index contributed by atoms with van der Waals surface area (Å²) in [6.45, 7) is 5.34. The summed E-state index contributed by atoms with van der Waals surface area (Å²) in [7, 11) is 0. The fourth-order valence-electron chi connectivity index (χ4n) is 1.90. The van der Waals surface area contributed by atoms with E-state index in [4.69, 9.17) is 4.74 Å². The standard InChI is InChI=1S/C9H18O3/c1-7(10)6-8(2)4-5-9(3,11)12-8/h7,10-11H,4-6H2,1-3H3. The van der Waals surface area contributed by atoms with Crippen molar-refractivity contribution in [2.75, 3.05) is 0 Å². The molecule has 0 amide bonds. The topological polar surface area (TPSA) is 49.7 Å². The van der Waals surface area contributed by atoms with Crippen LogP contribution in [-0.4, -0.2) is 27.7 Å². The Labute approximate surface area is 73.4 Å². The van der Waals surface area contributed by atoms with Gasteiger partial charge in [0.25, 0.3) is 0 Å². The highest BCUT2D eigenvalue weighted by Crippen LogP contribution is 2.38. The average molecular weight is 174 g/mol. The first-order chi connectivity index (χ1) is 5.33. The van der Waals surface area contributed by atoms with Crippen molar-refractivity contribution in [3.05, 3.63) is 0 Å². The lowest BCUT2D eigenvalue weighted by atomic mass is 9.95. The second kappa shape index (κ2) is 2.98. The van der Waals surface area contributed by atoms with Crippen LogP contribution < -0.4 is 0 Å². The number of aliphatic hydroxyl groups excluding tert-OH is 1. The second-order valence-corrected chi connectivity index (χ2v) is 4.28. The maximum absolute atomic E-state index is 9.54. The van der Waals surface area contributed by atoms with Crippen LogP contribution >= 0.6 is 0 Å². The number of ether oxygens (including phenoxy) is 1. The molecule has 0 saturated carbocycles. The molecular weight excluding hydrogens is 156 g/mol. The highest BCUT2D eigenvalue weighted by atomic mass is 16.6. The van der Waals surface area contributed by atoms with Gasteiger partial charge in [-0.3, -0.25) is 0 Å². The molecule has 1 saturated heterocycles. The zero-order valence-electron chi connectivity index (χ0n) is 8.00. The quantitative estimate of drug-likeness (QED) is 0.657. The van der Waals surface area contributed by atoms with Gasteiger partial charge in [-0.15, -0.1) is 0 Å². The molecular formula is C9H18O3. The molecule has 0 spiro atoms. The molecule has 0 aliphatic carbocycles. The molecule has 3 nitrogen and oxygen atoms in total. The van der Waals surface area contributed by atoms with Gasteiger partial charge >= 0.3 is 0 Å². The van der Waals surface area contributed by atoms with Gasteiger partial charge in [0.2, 0.25) is 0 Å². The Bertz CT molecular complexity index is 165. The molecule has 3 atom stereocenters. The minimum absolute atomic E-state index is 0.350. The molecule has 0 radical (unpaired) electrons. The van der Waals surface area contributed by atoms with E-state index in [2.05, 4.69) is 0 Å². The summed E-state index contributed by atoms with van der Waals surface area (Å²) in [5, 5.41) is 18.7. The molecule has 3 heteroatoms. The van der Waals surface area contributed by atoms with Crippen molar-refractivity contribution in [3.8, 4) is 0 Å². The summed E-state index contributed by atoms with van der Waals surface area (Å²) in [6, 6.07) is 0. The Morgan fingerprint density at radius 2 is 2.00 bits per heavy atom. The summed E-state index contributed by atoms with van der Waals surface area (Å²) in [5.74, 6) is -0.996. The van der Waals surface area contributed by atoms with Crippen LogP contribution in [0.1, 0.15) is 40.0 Å². The van der Waals surface area contributed by atoms with Gasteiger partial charge in [0.1, 0.15) is 0 Å². The molecule has 0 aromatic carbocycles. The smallest absolute Gasteiger partial charge is 0.163 e. The van der Waals surface area contributed by atoms with Crippen LogP contribution in [0.25, 0.3) is 0 Å². The van der Waals surface area contributed by atoms with Crippen molar-refractivity contribution < 1.29 is 14.9 Å². The van der Waals surface area contributed by atoms with Gasteiger partial charge in [0.15, 0.2) is 5.79 Å². The van der Waals surface area contributed by atoms with Gasteiger partial charge < -0.3 is 14.9 Å². The number of aliphatic hydroxyl groups is 2. The zero-order chi connectivity index (χ0) is 9.41. The summed E-state index contributed by atoms with van der Waals surface area (Å²) >= 11 is 0. The molecule has 12 heavy (non-hydrogen) atoms. The van der Waals surface area contributed by atoms with Crippen molar-refractivity contribution in [2.24, 2.45) is 0 Å². The van der Waals surface area contributed by atoms with Crippen LogP contribution in [0.2, 0.25) is 0 Å². The largest absolute Gasteiger partial charge is 0.393 e. The molecule has 1 aliphatic rings. The predicted molar refractivity (Wildman–Crippen MR) is 45.6 cm³/mol. The number of hydrogen-bond donors (Lipinski definition) is 2. The van der Waals surface area contributed by atoms with E-state index in [-0.39, 0.29) is 11.7 Å². The van der Waals surface area contributed by atoms with Crippen LogP contribution in [0.3, 0.4) is 0 Å². The third-order valence-electron chi connectivity index (χ3n) is 2.31. The van der Waals surface area contributed by atoms with Crippen molar-refractivity contribution in [2.45, 2.75) is 57.5 Å². The zero-order valence-corrected chi connectivity index (χ0v) is 8.00. The Morgan fingerprint density at radius 1 is 1.42 bits per heavy atom. The van der Waals surface area contributed by atoms with E-state index >= 15 is 0 Å². The van der Waals surface area contributed by atoms with Gasteiger partial charge in [-0.1, -0.05) is 0 Å². The first-order valence-electron chi connectivity index (χ1n) is 4.44. The van der Waals surface area contributed by atoms with E-state index in [0.29, 0.717) is 12.8 Å². The third kappa shape index (κ3) is 2.44. The molecule has 2 N–H and O–H groups in total. The number of hydrogen-bond acceptors (Lipinski definition) is 3. The van der Waals surface area contributed by atoms with Crippen molar-refractivity contribution >= 4 is 0 Å². The minimum Gasteiger partial charge on any atom is -0.393 e. The monoisotopic (exact) mass is 174 g/mol. The van der Waals surface area contributed by atoms with E-state index in [9.17, 15) is 10.2 Å². The molecule has 0 bridgehead atoms. The maximum Gasteiger partial charge on any atom is 0.163 e. The first-order valence-corrected chi connectivity index (χ1v) is 4.44. The highest BCUT2D eigenvalue weighted by Gasteiger charge is 2.42. The van der Waals surface area contributed by atoms with Crippen LogP contribution in [0.15, 0.2) is 0 Å². The maximum atomic E-state index is 9.54. The molecule has 1 fully saturated rings. The van der Waals surface area contributed by atoms with Gasteiger partial charge in [-0.25, -0.2) is 0 Å². The van der Waals surface area contributed by atoms with Crippen molar-refractivity contribution in [3.63, 3.8) is 0 Å². The molecule has 0 aromatic rings.